The summed E-state index contributed by atoms with van der Waals surface area (Å²) in [4.78, 5) is 12.8. The van der Waals surface area contributed by atoms with Crippen molar-refractivity contribution in [2.75, 3.05) is 6.26 Å². The van der Waals surface area contributed by atoms with E-state index >= 15 is 0 Å². The molecule has 0 aliphatic heterocycles. The molecule has 2 aromatic carbocycles. The number of rotatable bonds is 8. The Morgan fingerprint density at radius 1 is 1.04 bits per heavy atom. The zero-order valence-corrected chi connectivity index (χ0v) is 16.4. The third kappa shape index (κ3) is 5.79. The number of nitrogens with one attached hydrogen (secondary N) is 1. The van der Waals surface area contributed by atoms with E-state index < -0.39 is 15.9 Å². The molecule has 0 spiro atoms. The molecular weight excluding hydrogens is 369 g/mol. The van der Waals surface area contributed by atoms with Crippen LogP contribution in [0.5, 0.6) is 5.75 Å². The average Bonchev–Trinajstić information content (AvgIpc) is 2.64. The summed E-state index contributed by atoms with van der Waals surface area (Å²) in [5, 5.41) is 2.94. The molecular formula is C20H24FNO4S. The molecule has 5 nitrogen and oxygen atoms in total. The number of amides is 1. The van der Waals surface area contributed by atoms with Gasteiger partial charge in [-0.1, -0.05) is 26.0 Å². The lowest BCUT2D eigenvalue weighted by molar-refractivity contribution is -0.128. The zero-order chi connectivity index (χ0) is 20.0. The minimum absolute atomic E-state index is 0.235. The van der Waals surface area contributed by atoms with E-state index in [2.05, 4.69) is 5.32 Å². The highest BCUT2D eigenvalue weighted by Gasteiger charge is 2.22. The molecule has 7 heteroatoms. The van der Waals surface area contributed by atoms with E-state index in [0.717, 1.165) is 11.8 Å². The van der Waals surface area contributed by atoms with E-state index in [1.165, 1.54) is 36.4 Å². The summed E-state index contributed by atoms with van der Waals surface area (Å²) in [5.74, 6) is -0.228. The normalized spacial score (nSPS) is 13.6. The third-order valence-corrected chi connectivity index (χ3v) is 5.32. The predicted molar refractivity (Wildman–Crippen MR) is 102 cm³/mol. The van der Waals surface area contributed by atoms with Crippen molar-refractivity contribution in [2.45, 2.75) is 43.7 Å². The third-order valence-electron chi connectivity index (χ3n) is 4.19. The summed E-state index contributed by atoms with van der Waals surface area (Å²) in [6.07, 6.45) is 1.53. The van der Waals surface area contributed by atoms with Crippen LogP contribution in [0.25, 0.3) is 0 Å². The number of hydrogen-bond acceptors (Lipinski definition) is 4. The molecule has 0 heterocycles. The van der Waals surface area contributed by atoms with Crippen molar-refractivity contribution >= 4 is 15.7 Å². The van der Waals surface area contributed by atoms with E-state index in [9.17, 15) is 17.6 Å². The van der Waals surface area contributed by atoms with Crippen molar-refractivity contribution in [3.8, 4) is 5.75 Å². The van der Waals surface area contributed by atoms with Gasteiger partial charge in [-0.15, -0.1) is 0 Å². The maximum absolute atomic E-state index is 13.0. The summed E-state index contributed by atoms with van der Waals surface area (Å²) >= 11 is 0. The van der Waals surface area contributed by atoms with Gasteiger partial charge < -0.3 is 10.1 Å². The molecule has 0 aliphatic carbocycles. The number of carbonyl (C=O) groups excluding carboxylic acids is 1. The van der Waals surface area contributed by atoms with Crippen LogP contribution in [0.15, 0.2) is 53.4 Å². The van der Waals surface area contributed by atoms with Crippen molar-refractivity contribution in [1.29, 1.82) is 0 Å². The fraction of sp³-hybridized carbons (Fsp3) is 0.350. The zero-order valence-electron chi connectivity index (χ0n) is 15.6. The van der Waals surface area contributed by atoms with Crippen LogP contribution in [0.4, 0.5) is 4.39 Å². The van der Waals surface area contributed by atoms with E-state index in [-0.39, 0.29) is 22.7 Å². The number of hydrogen-bond donors (Lipinski definition) is 1. The first-order valence-corrected chi connectivity index (χ1v) is 10.7. The molecule has 0 radical (unpaired) electrons. The summed E-state index contributed by atoms with van der Waals surface area (Å²) in [6.45, 7) is 3.76. The molecule has 0 fully saturated rings. The molecule has 0 unspecified atom stereocenters. The Kier molecular flexibility index (Phi) is 6.96. The monoisotopic (exact) mass is 393 g/mol. The first-order valence-electron chi connectivity index (χ1n) is 8.77. The van der Waals surface area contributed by atoms with Gasteiger partial charge in [-0.25, -0.2) is 12.8 Å². The van der Waals surface area contributed by atoms with Crippen LogP contribution in [0.2, 0.25) is 0 Å². The second-order valence-corrected chi connectivity index (χ2v) is 8.30. The quantitative estimate of drug-likeness (QED) is 0.743. The van der Waals surface area contributed by atoms with Crippen LogP contribution >= 0.6 is 0 Å². The smallest absolute Gasteiger partial charge is 0.261 e. The Bertz CT molecular complexity index is 864. The molecule has 0 aromatic heterocycles. The van der Waals surface area contributed by atoms with Gasteiger partial charge in [0.05, 0.1) is 10.9 Å². The Morgan fingerprint density at radius 2 is 1.63 bits per heavy atom. The van der Waals surface area contributed by atoms with Gasteiger partial charge in [-0.3, -0.25) is 4.79 Å². The molecule has 0 saturated carbocycles. The molecule has 2 rings (SSSR count). The van der Waals surface area contributed by atoms with Crippen LogP contribution in [-0.2, 0) is 14.6 Å². The van der Waals surface area contributed by atoms with Crippen molar-refractivity contribution in [2.24, 2.45) is 0 Å². The highest BCUT2D eigenvalue weighted by molar-refractivity contribution is 7.90. The van der Waals surface area contributed by atoms with Gasteiger partial charge >= 0.3 is 0 Å². The van der Waals surface area contributed by atoms with E-state index in [0.29, 0.717) is 18.6 Å². The van der Waals surface area contributed by atoms with Crippen LogP contribution in [0.3, 0.4) is 0 Å². The highest BCUT2D eigenvalue weighted by Crippen LogP contribution is 2.20. The maximum atomic E-state index is 13.0. The van der Waals surface area contributed by atoms with Crippen molar-refractivity contribution < 1.29 is 22.3 Å². The SMILES string of the molecule is CC[C@@H](Oc1ccc(F)cc1)C(=O)N[C@H](CC)c1ccc(S(C)(=O)=O)cc1. The standard InChI is InChI=1S/C20H24FNO4S/c1-4-18(14-6-12-17(13-7-14)27(3,24)25)22-20(23)19(5-2)26-16-10-8-15(21)9-11-16/h6-13,18-19H,4-5H2,1-3H3,(H,22,23)/t18-,19-/m1/s1. The topological polar surface area (TPSA) is 72.5 Å². The summed E-state index contributed by atoms with van der Waals surface area (Å²) < 4.78 is 41.8. The van der Waals surface area contributed by atoms with E-state index in [4.69, 9.17) is 4.74 Å². The summed E-state index contributed by atoms with van der Waals surface area (Å²) in [6, 6.07) is 11.7. The van der Waals surface area contributed by atoms with Crippen molar-refractivity contribution in [3.05, 3.63) is 59.9 Å². The fourth-order valence-electron chi connectivity index (χ4n) is 2.63. The molecule has 0 aliphatic rings. The minimum Gasteiger partial charge on any atom is -0.481 e. The average molecular weight is 393 g/mol. The Hall–Kier alpha value is -2.41. The largest absolute Gasteiger partial charge is 0.481 e. The number of ether oxygens (including phenoxy) is 1. The second-order valence-electron chi connectivity index (χ2n) is 6.28. The molecule has 27 heavy (non-hydrogen) atoms. The molecule has 1 N–H and O–H groups in total. The van der Waals surface area contributed by atoms with Crippen molar-refractivity contribution in [1.82, 2.24) is 5.32 Å². The lowest BCUT2D eigenvalue weighted by atomic mass is 10.0. The van der Waals surface area contributed by atoms with Crippen LogP contribution in [0, 0.1) is 5.82 Å². The second kappa shape index (κ2) is 8.99. The molecule has 2 aromatic rings. The first-order chi connectivity index (χ1) is 12.7. The summed E-state index contributed by atoms with van der Waals surface area (Å²) in [7, 11) is -3.26. The van der Waals surface area contributed by atoms with Gasteiger partial charge in [0.15, 0.2) is 15.9 Å². The maximum Gasteiger partial charge on any atom is 0.261 e. The van der Waals surface area contributed by atoms with Crippen LogP contribution < -0.4 is 10.1 Å². The lowest BCUT2D eigenvalue weighted by Gasteiger charge is -2.22. The molecule has 2 atom stereocenters. The Morgan fingerprint density at radius 3 is 2.11 bits per heavy atom. The van der Waals surface area contributed by atoms with E-state index in [1.807, 2.05) is 13.8 Å². The fourth-order valence-corrected chi connectivity index (χ4v) is 3.26. The van der Waals surface area contributed by atoms with Gasteiger partial charge in [-0.05, 0) is 54.8 Å². The molecule has 1 amide bonds. The summed E-state index contributed by atoms with van der Waals surface area (Å²) in [5.41, 5.74) is 0.815. The number of sulfone groups is 1. The van der Waals surface area contributed by atoms with Gasteiger partial charge in [0.25, 0.3) is 5.91 Å². The lowest BCUT2D eigenvalue weighted by Crippen LogP contribution is -2.39. The number of benzene rings is 2. The first kappa shape index (κ1) is 20.9. The van der Waals surface area contributed by atoms with Gasteiger partial charge in [0, 0.05) is 6.26 Å². The Labute approximate surface area is 159 Å². The molecule has 0 bridgehead atoms. The van der Waals surface area contributed by atoms with E-state index in [1.54, 1.807) is 12.1 Å². The van der Waals surface area contributed by atoms with Gasteiger partial charge in [-0.2, -0.15) is 0 Å². The predicted octanol–water partition coefficient (Wildman–Crippen LogP) is 3.65. The molecule has 0 saturated heterocycles. The number of halogens is 1. The Balaban J connectivity index is 2.09. The van der Waals surface area contributed by atoms with Crippen LogP contribution in [-0.4, -0.2) is 26.7 Å². The number of carbonyl (C=O) groups is 1. The van der Waals surface area contributed by atoms with Gasteiger partial charge in [0.2, 0.25) is 0 Å². The highest BCUT2D eigenvalue weighted by atomic mass is 32.2. The van der Waals surface area contributed by atoms with Gasteiger partial charge in [0.1, 0.15) is 11.6 Å². The van der Waals surface area contributed by atoms with Crippen LogP contribution in [0.1, 0.15) is 38.3 Å². The minimum atomic E-state index is -3.26. The molecule has 146 valence electrons. The van der Waals surface area contributed by atoms with Crippen molar-refractivity contribution in [3.63, 3.8) is 0 Å².